The predicted octanol–water partition coefficient (Wildman–Crippen LogP) is 1.98. The van der Waals surface area contributed by atoms with Crippen LogP contribution in [-0.4, -0.2) is 56.3 Å². The van der Waals surface area contributed by atoms with Crippen molar-refractivity contribution >= 4 is 11.9 Å². The van der Waals surface area contributed by atoms with E-state index in [1.807, 2.05) is 17.9 Å². The summed E-state index contributed by atoms with van der Waals surface area (Å²) < 4.78 is 15.6. The number of amides is 1. The van der Waals surface area contributed by atoms with Crippen molar-refractivity contribution in [2.75, 3.05) is 39.5 Å². The van der Waals surface area contributed by atoms with Crippen molar-refractivity contribution in [3.05, 3.63) is 24.5 Å². The van der Waals surface area contributed by atoms with E-state index in [1.165, 1.54) is 0 Å². The van der Waals surface area contributed by atoms with Crippen molar-refractivity contribution in [2.24, 2.45) is 10.9 Å². The number of nitrogens with zero attached hydrogens (tertiary/aromatic N) is 2. The predicted molar refractivity (Wildman–Crippen MR) is 79.2 cm³/mol. The highest BCUT2D eigenvalue weighted by atomic mass is 16.5. The van der Waals surface area contributed by atoms with E-state index < -0.39 is 6.09 Å². The van der Waals surface area contributed by atoms with Gasteiger partial charge in [0, 0.05) is 19.0 Å². The lowest BCUT2D eigenvalue weighted by atomic mass is 10.1. The lowest BCUT2D eigenvalue weighted by Gasteiger charge is -2.29. The molecule has 1 unspecified atom stereocenters. The summed E-state index contributed by atoms with van der Waals surface area (Å²) >= 11 is 0. The number of morpholine rings is 1. The first-order valence-corrected chi connectivity index (χ1v) is 7.19. The fourth-order valence-electron chi connectivity index (χ4n) is 2.20. The maximum atomic E-state index is 11.9. The van der Waals surface area contributed by atoms with Crippen LogP contribution in [0.2, 0.25) is 0 Å². The molecule has 2 aliphatic rings. The van der Waals surface area contributed by atoms with Gasteiger partial charge in [-0.2, -0.15) is 4.99 Å². The Kier molecular flexibility index (Phi) is 5.80. The number of amidine groups is 1. The standard InChI is InChI=1S/C15H22N2O4/c1-12(2)14(17-5-9-20-10-6-17)16-15(18)21-11-13-3-7-19-8-4-13/h3,7,13H,1,4-6,8-11H2,2H3/b16-14-. The Labute approximate surface area is 125 Å². The van der Waals surface area contributed by atoms with E-state index in [4.69, 9.17) is 14.2 Å². The molecule has 1 amide bonds. The molecule has 0 aromatic heterocycles. The van der Waals surface area contributed by atoms with Crippen LogP contribution >= 0.6 is 0 Å². The molecule has 0 saturated carbocycles. The first-order chi connectivity index (χ1) is 10.2. The molecule has 1 atom stereocenters. The third kappa shape index (κ3) is 4.90. The number of rotatable bonds is 3. The van der Waals surface area contributed by atoms with E-state index in [1.54, 1.807) is 6.26 Å². The topological polar surface area (TPSA) is 60.4 Å². The second-order valence-corrected chi connectivity index (χ2v) is 5.14. The Morgan fingerprint density at radius 1 is 1.43 bits per heavy atom. The highest BCUT2D eigenvalue weighted by Gasteiger charge is 2.18. The lowest BCUT2D eigenvalue weighted by molar-refractivity contribution is 0.0678. The summed E-state index contributed by atoms with van der Waals surface area (Å²) in [7, 11) is 0. The number of aliphatic imine (C=N–C) groups is 1. The van der Waals surface area contributed by atoms with E-state index in [-0.39, 0.29) is 5.92 Å². The van der Waals surface area contributed by atoms with Crippen molar-refractivity contribution < 1.29 is 19.0 Å². The molecule has 2 aliphatic heterocycles. The second-order valence-electron chi connectivity index (χ2n) is 5.14. The third-order valence-corrected chi connectivity index (χ3v) is 3.36. The zero-order valence-corrected chi connectivity index (χ0v) is 12.4. The van der Waals surface area contributed by atoms with Crippen LogP contribution in [0.5, 0.6) is 0 Å². The Bertz CT molecular complexity index is 439. The molecule has 1 saturated heterocycles. The molecule has 116 valence electrons. The van der Waals surface area contributed by atoms with Gasteiger partial charge in [-0.15, -0.1) is 0 Å². The molecule has 0 aromatic rings. The van der Waals surface area contributed by atoms with Gasteiger partial charge in [-0.1, -0.05) is 6.58 Å². The maximum absolute atomic E-state index is 11.9. The van der Waals surface area contributed by atoms with Crippen molar-refractivity contribution in [3.63, 3.8) is 0 Å². The Balaban J connectivity index is 1.90. The van der Waals surface area contributed by atoms with Crippen LogP contribution in [-0.2, 0) is 14.2 Å². The van der Waals surface area contributed by atoms with Gasteiger partial charge in [0.15, 0.2) is 0 Å². The minimum absolute atomic E-state index is 0.203. The molecule has 0 aliphatic carbocycles. The largest absolute Gasteiger partial charge is 0.501 e. The van der Waals surface area contributed by atoms with Gasteiger partial charge in [0.25, 0.3) is 0 Å². The van der Waals surface area contributed by atoms with Gasteiger partial charge >= 0.3 is 6.09 Å². The zero-order chi connectivity index (χ0) is 15.1. The van der Waals surface area contributed by atoms with Crippen molar-refractivity contribution in [1.82, 2.24) is 4.90 Å². The molecule has 21 heavy (non-hydrogen) atoms. The van der Waals surface area contributed by atoms with Crippen LogP contribution in [0.3, 0.4) is 0 Å². The van der Waals surface area contributed by atoms with E-state index in [0.29, 0.717) is 45.4 Å². The Morgan fingerprint density at radius 3 is 2.81 bits per heavy atom. The molecule has 2 heterocycles. The molecule has 6 nitrogen and oxygen atoms in total. The average Bonchev–Trinajstić information content (AvgIpc) is 2.52. The van der Waals surface area contributed by atoms with E-state index >= 15 is 0 Å². The fraction of sp³-hybridized carbons (Fsp3) is 0.600. The molecule has 0 spiro atoms. The Hall–Kier alpha value is -1.82. The van der Waals surface area contributed by atoms with Crippen LogP contribution in [0.15, 0.2) is 29.5 Å². The van der Waals surface area contributed by atoms with Crippen molar-refractivity contribution in [3.8, 4) is 0 Å². The summed E-state index contributed by atoms with van der Waals surface area (Å²) in [6.45, 7) is 9.39. The van der Waals surface area contributed by atoms with E-state index in [0.717, 1.165) is 12.0 Å². The Morgan fingerprint density at radius 2 is 2.19 bits per heavy atom. The van der Waals surface area contributed by atoms with E-state index in [9.17, 15) is 4.79 Å². The monoisotopic (exact) mass is 294 g/mol. The molecular weight excluding hydrogens is 272 g/mol. The zero-order valence-electron chi connectivity index (χ0n) is 12.4. The van der Waals surface area contributed by atoms with Crippen LogP contribution in [0.25, 0.3) is 0 Å². The van der Waals surface area contributed by atoms with Crippen molar-refractivity contribution in [2.45, 2.75) is 13.3 Å². The first-order valence-electron chi connectivity index (χ1n) is 7.19. The average molecular weight is 294 g/mol. The number of ether oxygens (including phenoxy) is 3. The molecule has 0 radical (unpaired) electrons. The van der Waals surface area contributed by atoms with Gasteiger partial charge in [0.1, 0.15) is 5.84 Å². The van der Waals surface area contributed by atoms with Gasteiger partial charge in [0.05, 0.1) is 32.7 Å². The number of hydrogen-bond donors (Lipinski definition) is 0. The van der Waals surface area contributed by atoms with Crippen LogP contribution in [0.4, 0.5) is 4.79 Å². The number of carbonyl (C=O) groups excluding carboxylic acids is 1. The van der Waals surface area contributed by atoms with E-state index in [2.05, 4.69) is 11.6 Å². The number of carbonyl (C=O) groups is 1. The lowest BCUT2D eigenvalue weighted by Crippen LogP contribution is -2.41. The van der Waals surface area contributed by atoms with Crippen molar-refractivity contribution in [1.29, 1.82) is 0 Å². The fourth-order valence-corrected chi connectivity index (χ4v) is 2.20. The van der Waals surface area contributed by atoms with Gasteiger partial charge in [-0.05, 0) is 25.0 Å². The summed E-state index contributed by atoms with van der Waals surface area (Å²) in [5, 5.41) is 0. The summed E-state index contributed by atoms with van der Waals surface area (Å²) in [5.41, 5.74) is 0.750. The molecule has 2 rings (SSSR count). The first kappa shape index (κ1) is 15.6. The summed E-state index contributed by atoms with van der Waals surface area (Å²) in [4.78, 5) is 17.9. The molecule has 0 bridgehead atoms. The molecule has 0 N–H and O–H groups in total. The van der Waals surface area contributed by atoms with Gasteiger partial charge in [-0.25, -0.2) is 4.79 Å². The number of hydrogen-bond acceptors (Lipinski definition) is 4. The maximum Gasteiger partial charge on any atom is 0.435 e. The SMILES string of the molecule is C=C(C)/C(=N/C(=O)OCC1C=COCC1)N1CCOCC1. The molecule has 0 aromatic carbocycles. The highest BCUT2D eigenvalue weighted by molar-refractivity contribution is 6.02. The molecule has 1 fully saturated rings. The normalized spacial score (nSPS) is 22.6. The summed E-state index contributed by atoms with van der Waals surface area (Å²) in [5.74, 6) is 0.792. The molecular formula is C15H22N2O4. The summed E-state index contributed by atoms with van der Waals surface area (Å²) in [6, 6.07) is 0. The second kappa shape index (κ2) is 7.83. The molecule has 6 heteroatoms. The van der Waals surface area contributed by atoms with Gasteiger partial charge < -0.3 is 19.1 Å². The smallest absolute Gasteiger partial charge is 0.435 e. The quantitative estimate of drug-likeness (QED) is 0.588. The third-order valence-electron chi connectivity index (χ3n) is 3.36. The minimum atomic E-state index is -0.570. The van der Waals surface area contributed by atoms with Crippen LogP contribution < -0.4 is 0 Å². The van der Waals surface area contributed by atoms with Crippen LogP contribution in [0.1, 0.15) is 13.3 Å². The minimum Gasteiger partial charge on any atom is -0.501 e. The van der Waals surface area contributed by atoms with Gasteiger partial charge in [0.2, 0.25) is 0 Å². The highest BCUT2D eigenvalue weighted by Crippen LogP contribution is 2.12. The van der Waals surface area contributed by atoms with Crippen LogP contribution in [0, 0.1) is 5.92 Å². The summed E-state index contributed by atoms with van der Waals surface area (Å²) in [6.07, 6.45) is 3.84. The van der Waals surface area contributed by atoms with Gasteiger partial charge in [-0.3, -0.25) is 0 Å².